The summed E-state index contributed by atoms with van der Waals surface area (Å²) in [6.07, 6.45) is 11.9. The van der Waals surface area contributed by atoms with Gasteiger partial charge in [0.05, 0.1) is 12.6 Å². The lowest BCUT2D eigenvalue weighted by Crippen LogP contribution is -2.52. The number of allylic oxidation sites excluding steroid dienone is 4. The fraction of sp³-hybridized carbons (Fsp3) is 0.486. The number of hydrogen-bond donors (Lipinski definition) is 0. The fourth-order valence-electron chi connectivity index (χ4n) is 6.93. The summed E-state index contributed by atoms with van der Waals surface area (Å²) in [6.45, 7) is 26.0. The van der Waals surface area contributed by atoms with Crippen LogP contribution in [0.3, 0.4) is 0 Å². The molecule has 1 aliphatic heterocycles. The Hall–Kier alpha value is -2.88. The lowest BCUT2D eigenvalue weighted by molar-refractivity contribution is -0.110. The van der Waals surface area contributed by atoms with Crippen LogP contribution in [0.15, 0.2) is 72.8 Å². The van der Waals surface area contributed by atoms with E-state index >= 15 is 0 Å². The van der Waals surface area contributed by atoms with Crippen molar-refractivity contribution in [1.82, 2.24) is 4.90 Å². The van der Waals surface area contributed by atoms with Gasteiger partial charge in [0.2, 0.25) is 0 Å². The Balaban J connectivity index is 2.28. The highest BCUT2D eigenvalue weighted by Gasteiger charge is 2.48. The van der Waals surface area contributed by atoms with E-state index in [1.165, 1.54) is 0 Å². The van der Waals surface area contributed by atoms with Crippen LogP contribution in [0.5, 0.6) is 11.5 Å². The van der Waals surface area contributed by atoms with Crippen LogP contribution < -0.4 is 9.47 Å². The number of fused-ring (bicyclic) bond motifs is 2. The van der Waals surface area contributed by atoms with Gasteiger partial charge >= 0.3 is 6.09 Å². The number of carbonyl (C=O) groups excluding carboxylic acids is 2. The van der Waals surface area contributed by atoms with Crippen LogP contribution in [-0.4, -0.2) is 57.6 Å². The molecule has 240 valence electrons. The van der Waals surface area contributed by atoms with E-state index in [1.807, 2.05) is 18.2 Å². The predicted molar refractivity (Wildman–Crippen MR) is 183 cm³/mol. The van der Waals surface area contributed by atoms with E-state index in [1.54, 1.807) is 35.3 Å². The van der Waals surface area contributed by atoms with Crippen molar-refractivity contribution in [1.29, 1.82) is 0 Å². The van der Waals surface area contributed by atoms with Crippen molar-refractivity contribution in [2.45, 2.75) is 82.6 Å². The minimum absolute atomic E-state index is 0.0830. The molecule has 1 atom stereocenters. The number of ketones is 1. The number of carbonyl (C=O) groups is 2. The maximum absolute atomic E-state index is 13.8. The third-order valence-electron chi connectivity index (χ3n) is 8.67. The van der Waals surface area contributed by atoms with E-state index in [2.05, 4.69) is 77.2 Å². The van der Waals surface area contributed by atoms with Gasteiger partial charge in [0.15, 0.2) is 14.1 Å². The van der Waals surface area contributed by atoms with E-state index in [0.29, 0.717) is 45.6 Å². The molecule has 44 heavy (non-hydrogen) atoms. The number of benzene rings is 1. The van der Waals surface area contributed by atoms with Gasteiger partial charge < -0.3 is 18.6 Å². The molecule has 3 rings (SSSR count). The first-order valence-electron chi connectivity index (χ1n) is 15.3. The monoisotopic (exact) mass is 685 g/mol. The molecule has 0 bridgehead atoms. The molecule has 1 heterocycles. The molecule has 0 N–H and O–H groups in total. The summed E-state index contributed by atoms with van der Waals surface area (Å²) >= 11 is 3.74. The smallest absolute Gasteiger partial charge is 0.410 e. The molecule has 7 nitrogen and oxygen atoms in total. The first kappa shape index (κ1) is 35.6. The Labute approximate surface area is 272 Å². The summed E-state index contributed by atoms with van der Waals surface area (Å²) in [5.41, 5.74) is 1.99. The predicted octanol–water partition coefficient (Wildman–Crippen LogP) is 8.60. The third kappa shape index (κ3) is 7.32. The quantitative estimate of drug-likeness (QED) is 0.144. The van der Waals surface area contributed by atoms with E-state index in [4.69, 9.17) is 18.6 Å². The summed E-state index contributed by atoms with van der Waals surface area (Å²) in [4.78, 5) is 28.0. The van der Waals surface area contributed by atoms with Crippen molar-refractivity contribution in [3.05, 3.63) is 83.9 Å². The van der Waals surface area contributed by atoms with E-state index in [9.17, 15) is 9.59 Å². The lowest BCUT2D eigenvalue weighted by atomic mass is 9.71. The molecule has 9 heteroatoms. The number of rotatable bonds is 14. The third-order valence-corrected chi connectivity index (χ3v) is 15.5. The van der Waals surface area contributed by atoms with Crippen LogP contribution in [0.2, 0.25) is 16.6 Å². The second kappa shape index (κ2) is 15.4. The molecule has 0 fully saturated rings. The van der Waals surface area contributed by atoms with Crippen LogP contribution in [0, 0.1) is 0 Å². The molecule has 0 aromatic heterocycles. The molecule has 0 unspecified atom stereocenters. The zero-order valence-electron chi connectivity index (χ0n) is 27.1. The minimum atomic E-state index is -2.29. The Kier molecular flexibility index (Phi) is 12.5. The van der Waals surface area contributed by atoms with Crippen molar-refractivity contribution in [3.63, 3.8) is 0 Å². The van der Waals surface area contributed by atoms with Crippen LogP contribution in [-0.2, 0) is 25.9 Å². The lowest BCUT2D eigenvalue weighted by Gasteiger charge is -2.44. The van der Waals surface area contributed by atoms with Crippen molar-refractivity contribution >= 4 is 36.1 Å². The SMILES string of the molecule is C=CCOC(=O)N1Cc2cc(OCC=C)c(Br)c(OCC=C)c2C2(C=CC(=O)C=C2)C[C@H]1CO[Si](C(C)C)(C(C)C)C(C)C. The van der Waals surface area contributed by atoms with Crippen LogP contribution in [0.4, 0.5) is 4.79 Å². The number of nitrogens with zero attached hydrogens (tertiary/aromatic N) is 1. The zero-order chi connectivity index (χ0) is 32.7. The minimum Gasteiger partial charge on any atom is -0.488 e. The molecule has 2 aliphatic rings. The van der Waals surface area contributed by atoms with Gasteiger partial charge in [-0.25, -0.2) is 4.79 Å². The van der Waals surface area contributed by atoms with Gasteiger partial charge in [-0.2, -0.15) is 0 Å². The second-order valence-corrected chi connectivity index (χ2v) is 18.6. The van der Waals surface area contributed by atoms with Crippen molar-refractivity contribution in [2.75, 3.05) is 26.4 Å². The van der Waals surface area contributed by atoms with E-state index in [-0.39, 0.29) is 38.2 Å². The summed E-state index contributed by atoms with van der Waals surface area (Å²) in [6, 6.07) is 1.55. The molecule has 1 aromatic carbocycles. The Bertz CT molecular complexity index is 1260. The normalized spacial score (nSPS) is 17.5. The molecule has 0 saturated carbocycles. The second-order valence-electron chi connectivity index (χ2n) is 12.3. The molecule has 0 radical (unpaired) electrons. The highest BCUT2D eigenvalue weighted by Crippen LogP contribution is 2.51. The standard InChI is InChI=1S/C35H48BrNO6Si/c1-10-17-40-30-20-27-22-37(34(39)42-19-12-3)28(23-43-44(24(4)5,25(6)7)26(8)9)21-35(15-13-29(38)14-16-35)31(27)33(32(30)36)41-18-11-2/h10-16,20,24-26,28H,1-3,17-19,21-23H2,4-9H3/t28-/m0/s1. The maximum atomic E-state index is 13.8. The molecular weight excluding hydrogens is 638 g/mol. The number of ether oxygens (including phenoxy) is 3. The van der Waals surface area contributed by atoms with Gasteiger partial charge in [0, 0.05) is 17.5 Å². The van der Waals surface area contributed by atoms with E-state index < -0.39 is 19.8 Å². The van der Waals surface area contributed by atoms with Crippen LogP contribution in [0.1, 0.15) is 59.1 Å². The zero-order valence-corrected chi connectivity index (χ0v) is 29.7. The van der Waals surface area contributed by atoms with Crippen molar-refractivity contribution in [3.8, 4) is 11.5 Å². The van der Waals surface area contributed by atoms with E-state index in [0.717, 1.165) is 11.1 Å². The fourth-order valence-corrected chi connectivity index (χ4v) is 13.0. The first-order chi connectivity index (χ1) is 20.9. The van der Waals surface area contributed by atoms with Gasteiger partial charge in [-0.15, -0.1) is 0 Å². The van der Waals surface area contributed by atoms with Gasteiger partial charge in [0.25, 0.3) is 0 Å². The molecule has 0 saturated heterocycles. The summed E-state index contributed by atoms with van der Waals surface area (Å²) < 4.78 is 25.8. The Morgan fingerprint density at radius 1 is 1.00 bits per heavy atom. The topological polar surface area (TPSA) is 74.3 Å². The average Bonchev–Trinajstić information content (AvgIpc) is 3.10. The summed E-state index contributed by atoms with van der Waals surface area (Å²) in [5, 5.41) is 0. The van der Waals surface area contributed by atoms with Gasteiger partial charge in [-0.05, 0) is 62.8 Å². The highest BCUT2D eigenvalue weighted by molar-refractivity contribution is 9.10. The summed E-state index contributed by atoms with van der Waals surface area (Å²) in [7, 11) is -2.29. The highest BCUT2D eigenvalue weighted by atomic mass is 79.9. The van der Waals surface area contributed by atoms with Gasteiger partial charge in [0.1, 0.15) is 35.8 Å². The molecule has 1 aromatic rings. The Morgan fingerprint density at radius 2 is 1.57 bits per heavy atom. The van der Waals surface area contributed by atoms with Crippen LogP contribution >= 0.6 is 15.9 Å². The van der Waals surface area contributed by atoms with Gasteiger partial charge in [-0.1, -0.05) is 91.7 Å². The largest absolute Gasteiger partial charge is 0.488 e. The number of amides is 1. The molecule has 1 aliphatic carbocycles. The van der Waals surface area contributed by atoms with Crippen molar-refractivity contribution < 1.29 is 28.2 Å². The molecule has 1 amide bonds. The average molecular weight is 687 g/mol. The Morgan fingerprint density at radius 3 is 2.11 bits per heavy atom. The molecular formula is C35H48BrNO6Si. The summed E-state index contributed by atoms with van der Waals surface area (Å²) in [5.74, 6) is 1.03. The number of hydrogen-bond acceptors (Lipinski definition) is 6. The maximum Gasteiger partial charge on any atom is 0.410 e. The van der Waals surface area contributed by atoms with Crippen LogP contribution in [0.25, 0.3) is 0 Å². The first-order valence-corrected chi connectivity index (χ1v) is 18.3. The molecule has 1 spiro atoms. The van der Waals surface area contributed by atoms with Crippen molar-refractivity contribution in [2.24, 2.45) is 0 Å². The number of halogens is 1. The van der Waals surface area contributed by atoms with Gasteiger partial charge in [-0.3, -0.25) is 9.69 Å².